The summed E-state index contributed by atoms with van der Waals surface area (Å²) in [6, 6.07) is 0. The van der Waals surface area contributed by atoms with Gasteiger partial charge >= 0.3 is 14.3 Å². The molecular weight excluding hydrogens is 392 g/mol. The Labute approximate surface area is 171 Å². The molecule has 0 aliphatic carbocycles. The van der Waals surface area contributed by atoms with Crippen molar-refractivity contribution in [3.63, 3.8) is 0 Å². The Morgan fingerprint density at radius 2 is 1.83 bits per heavy atom. The Morgan fingerprint density at radius 1 is 1.21 bits per heavy atom. The van der Waals surface area contributed by atoms with Crippen LogP contribution in [0.25, 0.3) is 0 Å². The third-order valence-corrected chi connectivity index (χ3v) is 11.1. The van der Waals surface area contributed by atoms with E-state index >= 15 is 0 Å². The maximum Gasteiger partial charge on any atom is 0.349 e. The lowest BCUT2D eigenvalue weighted by Gasteiger charge is -2.53. The largest absolute Gasteiger partial charge is 0.391 e. The van der Waals surface area contributed by atoms with Crippen molar-refractivity contribution in [2.45, 2.75) is 83.4 Å². The van der Waals surface area contributed by atoms with E-state index in [0.717, 1.165) is 6.29 Å². The van der Waals surface area contributed by atoms with Gasteiger partial charge in [0.15, 0.2) is 0 Å². The summed E-state index contributed by atoms with van der Waals surface area (Å²) < 4.78 is 20.8. The third kappa shape index (κ3) is 3.58. The molecule has 1 aromatic heterocycles. The molecule has 0 unspecified atom stereocenters. The highest BCUT2D eigenvalue weighted by atomic mass is 28.4. The maximum absolute atomic E-state index is 12.5. The van der Waals surface area contributed by atoms with Crippen molar-refractivity contribution in [2.75, 3.05) is 6.61 Å². The lowest BCUT2D eigenvalue weighted by Crippen LogP contribution is -2.64. The Balaban J connectivity index is 2.04. The first-order chi connectivity index (χ1) is 13.3. The number of ether oxygens (including phenoxy) is 1. The van der Waals surface area contributed by atoms with E-state index in [-0.39, 0.29) is 34.6 Å². The number of hydrogen-bond donors (Lipinski definition) is 1. The molecule has 0 radical (unpaired) electrons. The minimum atomic E-state index is -2.75. The predicted octanol–water partition coefficient (Wildman–Crippen LogP) is 2.41. The number of aryl methyl sites for hydroxylation is 1. The molecule has 3 rings (SSSR count). The van der Waals surface area contributed by atoms with E-state index in [0.29, 0.717) is 12.2 Å². The number of nitrogens with one attached hydrogen (secondary N) is 1. The highest BCUT2D eigenvalue weighted by molar-refractivity contribution is 6.73. The summed E-state index contributed by atoms with van der Waals surface area (Å²) in [5.41, 5.74) is -0.588. The maximum atomic E-state index is 12.5. The van der Waals surface area contributed by atoms with E-state index in [2.05, 4.69) is 46.5 Å². The van der Waals surface area contributed by atoms with Crippen LogP contribution in [0.4, 0.5) is 0 Å². The first kappa shape index (κ1) is 22.1. The Hall–Kier alpha value is -1.55. The summed E-state index contributed by atoms with van der Waals surface area (Å²) in [6.45, 7) is 14.7. The average molecular weight is 425 g/mol. The van der Waals surface area contributed by atoms with Crippen molar-refractivity contribution in [3.8, 4) is 0 Å². The van der Waals surface area contributed by atoms with Crippen molar-refractivity contribution in [2.24, 2.45) is 5.92 Å². The van der Waals surface area contributed by atoms with Crippen LogP contribution >= 0.6 is 0 Å². The van der Waals surface area contributed by atoms with Crippen LogP contribution < -0.4 is 11.2 Å². The molecule has 162 valence electrons. The van der Waals surface area contributed by atoms with Crippen molar-refractivity contribution < 1.29 is 18.4 Å². The van der Waals surface area contributed by atoms with Crippen molar-refractivity contribution in [3.05, 3.63) is 32.6 Å². The number of carbonyl (C=O) groups is 1. The molecule has 0 amide bonds. The molecule has 1 N–H and O–H groups in total. The highest BCUT2D eigenvalue weighted by Gasteiger charge is 2.64. The van der Waals surface area contributed by atoms with Gasteiger partial charge < -0.3 is 18.4 Å². The van der Waals surface area contributed by atoms with Crippen molar-refractivity contribution >= 4 is 14.8 Å². The topological polar surface area (TPSA) is 99.6 Å². The van der Waals surface area contributed by atoms with Gasteiger partial charge in [0.1, 0.15) is 18.6 Å². The molecule has 0 bridgehead atoms. The molecule has 9 heteroatoms. The molecule has 4 atom stereocenters. The second-order valence-corrected chi connectivity index (χ2v) is 14.9. The second-order valence-electron chi connectivity index (χ2n) is 10.1. The number of rotatable bonds is 3. The van der Waals surface area contributed by atoms with Gasteiger partial charge in [0, 0.05) is 34.2 Å². The Morgan fingerprint density at radius 3 is 2.38 bits per heavy atom. The number of aldehydes is 1. The number of H-pyrrole nitrogens is 1. The first-order valence-corrected chi connectivity index (χ1v) is 11.9. The van der Waals surface area contributed by atoms with Crippen molar-refractivity contribution in [1.82, 2.24) is 9.55 Å². The van der Waals surface area contributed by atoms with Gasteiger partial charge in [-0.15, -0.1) is 0 Å². The van der Waals surface area contributed by atoms with E-state index < -0.39 is 26.0 Å². The molecule has 8 nitrogen and oxygen atoms in total. The Kier molecular flexibility index (Phi) is 5.57. The van der Waals surface area contributed by atoms with Crippen LogP contribution in [0.1, 0.15) is 59.8 Å². The molecule has 29 heavy (non-hydrogen) atoms. The number of aromatic nitrogens is 2. The minimum Gasteiger partial charge on any atom is -0.391 e. The second kappa shape index (κ2) is 7.30. The number of fused-ring (bicyclic) bond motifs is 1. The molecule has 0 spiro atoms. The molecule has 2 fully saturated rings. The standard InChI is InChI=1S/C20H32N2O6Si/c1-12-10-22(18(25)21-16(12)24)17-13(8-9-23)15-14(27-17)11-26-29(28-15,19(2,3)4)20(5,6)7/h9-10,13-15,17H,8,11H2,1-7H3,(H,21,24,25)/t13-,14-,15+,17-/m1/s1. The number of aromatic amines is 1. The zero-order chi connectivity index (χ0) is 21.8. The summed E-state index contributed by atoms with van der Waals surface area (Å²) in [5, 5.41) is -0.406. The fourth-order valence-corrected chi connectivity index (χ4v) is 9.84. The van der Waals surface area contributed by atoms with Crippen LogP contribution in [0.3, 0.4) is 0 Å². The van der Waals surface area contributed by atoms with Gasteiger partial charge in [-0.2, -0.15) is 0 Å². The molecule has 0 saturated carbocycles. The number of nitrogens with zero attached hydrogens (tertiary/aromatic N) is 1. The molecule has 2 aliphatic rings. The van der Waals surface area contributed by atoms with Gasteiger partial charge in [0.2, 0.25) is 0 Å². The zero-order valence-corrected chi connectivity index (χ0v) is 19.3. The van der Waals surface area contributed by atoms with Crippen LogP contribution in [0.2, 0.25) is 10.1 Å². The highest BCUT2D eigenvalue weighted by Crippen LogP contribution is 2.56. The van der Waals surface area contributed by atoms with Gasteiger partial charge in [0.05, 0.1) is 12.7 Å². The molecule has 1 aromatic rings. The van der Waals surface area contributed by atoms with Crippen LogP contribution in [-0.4, -0.2) is 43.2 Å². The van der Waals surface area contributed by atoms with Crippen molar-refractivity contribution in [1.29, 1.82) is 0 Å². The minimum absolute atomic E-state index is 0.190. The van der Waals surface area contributed by atoms with Crippen LogP contribution in [-0.2, 0) is 18.4 Å². The van der Waals surface area contributed by atoms with Crippen LogP contribution in [0.15, 0.2) is 15.8 Å². The smallest absolute Gasteiger partial charge is 0.349 e. The first-order valence-electron chi connectivity index (χ1n) is 10.1. The van der Waals surface area contributed by atoms with E-state index in [9.17, 15) is 14.4 Å². The van der Waals surface area contributed by atoms with Gasteiger partial charge in [0.25, 0.3) is 5.56 Å². The molecule has 2 saturated heterocycles. The van der Waals surface area contributed by atoms with Gasteiger partial charge in [-0.1, -0.05) is 41.5 Å². The normalized spacial score (nSPS) is 29.5. The lowest BCUT2D eigenvalue weighted by atomic mass is 9.96. The molecule has 2 aliphatic heterocycles. The molecule has 0 aromatic carbocycles. The Bertz CT molecular complexity index is 880. The third-order valence-electron chi connectivity index (χ3n) is 5.98. The molecular formula is C20H32N2O6Si. The summed E-state index contributed by atoms with van der Waals surface area (Å²) in [7, 11) is -2.75. The van der Waals surface area contributed by atoms with E-state index in [1.165, 1.54) is 10.8 Å². The number of hydrogen-bond acceptors (Lipinski definition) is 6. The van der Waals surface area contributed by atoms with Crippen LogP contribution in [0.5, 0.6) is 0 Å². The predicted molar refractivity (Wildman–Crippen MR) is 110 cm³/mol. The fourth-order valence-electron chi connectivity index (χ4n) is 4.84. The SMILES string of the molecule is Cc1cn([C@@H]2O[C@@H]3CO[Si](C(C)(C)C)(C(C)(C)C)O[C@H]3[C@H]2CC=O)c(=O)[nH]c1=O. The quantitative estimate of drug-likeness (QED) is 0.591. The van der Waals surface area contributed by atoms with Crippen LogP contribution in [0, 0.1) is 12.8 Å². The lowest BCUT2D eigenvalue weighted by molar-refractivity contribution is -0.110. The molecule has 3 heterocycles. The summed E-state index contributed by atoms with van der Waals surface area (Å²) in [6.07, 6.45) is 1.07. The van der Waals surface area contributed by atoms with Gasteiger partial charge in [-0.05, 0) is 6.92 Å². The number of carbonyl (C=O) groups excluding carboxylic acids is 1. The van der Waals surface area contributed by atoms with Gasteiger partial charge in [-0.25, -0.2) is 4.79 Å². The summed E-state index contributed by atoms with van der Waals surface area (Å²) >= 11 is 0. The van der Waals surface area contributed by atoms with E-state index in [1.807, 2.05) is 0 Å². The fraction of sp³-hybridized carbons (Fsp3) is 0.750. The summed E-state index contributed by atoms with van der Waals surface area (Å²) in [4.78, 5) is 38.0. The average Bonchev–Trinajstić information content (AvgIpc) is 2.94. The van der Waals surface area contributed by atoms with E-state index in [4.69, 9.17) is 13.6 Å². The van der Waals surface area contributed by atoms with Gasteiger partial charge in [-0.3, -0.25) is 14.3 Å². The van der Waals surface area contributed by atoms with E-state index in [1.54, 1.807) is 6.92 Å². The zero-order valence-electron chi connectivity index (χ0n) is 18.3. The summed E-state index contributed by atoms with van der Waals surface area (Å²) in [5.74, 6) is -0.346. The monoisotopic (exact) mass is 424 g/mol.